The lowest BCUT2D eigenvalue weighted by molar-refractivity contribution is -0.142. The normalized spacial score (nSPS) is 27.2. The molecular weight excluding hydrogens is 258 g/mol. The van der Waals surface area contributed by atoms with Crippen molar-refractivity contribution in [3.8, 4) is 0 Å². The van der Waals surface area contributed by atoms with Crippen LogP contribution in [-0.4, -0.2) is 39.7 Å². The summed E-state index contributed by atoms with van der Waals surface area (Å²) in [6.07, 6.45) is -0.202. The number of nitrogens with one attached hydrogen (secondary N) is 1. The number of rotatable bonds is 4. The van der Waals surface area contributed by atoms with Crippen LogP contribution in [0.4, 0.5) is 5.13 Å². The smallest absolute Gasteiger partial charge is 0.321 e. The number of nitrogens with two attached hydrogens (primary N) is 1. The first-order valence-corrected chi connectivity index (χ1v) is 6.26. The molecule has 0 bridgehead atoms. The van der Waals surface area contributed by atoms with Crippen LogP contribution in [0.25, 0.3) is 0 Å². The van der Waals surface area contributed by atoms with Gasteiger partial charge in [0.05, 0.1) is 12.1 Å². The molecule has 1 aliphatic rings. The van der Waals surface area contributed by atoms with Gasteiger partial charge < -0.3 is 21.3 Å². The van der Waals surface area contributed by atoms with E-state index in [4.69, 9.17) is 15.9 Å². The zero-order chi connectivity index (χ0) is 13.3. The fraction of sp³-hybridized carbons (Fsp3) is 0.500. The molecule has 8 heteroatoms. The van der Waals surface area contributed by atoms with Crippen LogP contribution in [0.15, 0.2) is 5.38 Å². The van der Waals surface area contributed by atoms with Crippen molar-refractivity contribution in [2.24, 2.45) is 5.92 Å². The first-order chi connectivity index (χ1) is 8.49. The van der Waals surface area contributed by atoms with Crippen LogP contribution in [0, 0.1) is 5.92 Å². The van der Waals surface area contributed by atoms with Crippen LogP contribution >= 0.6 is 11.3 Å². The number of aliphatic carboxylic acids is 2. The Morgan fingerprint density at radius 1 is 1.56 bits per heavy atom. The molecule has 3 atom stereocenters. The van der Waals surface area contributed by atoms with Gasteiger partial charge in [0.25, 0.3) is 0 Å². The lowest BCUT2D eigenvalue weighted by Gasteiger charge is -2.18. The molecule has 7 nitrogen and oxygen atoms in total. The van der Waals surface area contributed by atoms with Crippen molar-refractivity contribution >= 4 is 28.4 Å². The van der Waals surface area contributed by atoms with Gasteiger partial charge in [-0.25, -0.2) is 4.98 Å². The van der Waals surface area contributed by atoms with E-state index in [9.17, 15) is 9.59 Å². The number of hydrogen-bond acceptors (Lipinski definition) is 6. The second-order valence-electron chi connectivity index (χ2n) is 4.20. The number of carboxylic acid groups (broad SMARTS) is 2. The molecule has 1 aromatic rings. The average molecular weight is 271 g/mol. The molecule has 0 radical (unpaired) electrons. The van der Waals surface area contributed by atoms with Gasteiger partial charge in [-0.1, -0.05) is 0 Å². The van der Waals surface area contributed by atoms with Crippen molar-refractivity contribution in [1.82, 2.24) is 10.3 Å². The standard InChI is InChI=1S/C10H13N3O4S/c11-10-13-6(3-18-10)5-2-12-8(9(16)17)4(5)1-7(14)15/h3-5,8,12H,1-2H2,(H2,11,13)(H,14,15)(H,16,17)/t4-,5-,8-/m0/s1. The molecule has 2 heterocycles. The molecule has 18 heavy (non-hydrogen) atoms. The van der Waals surface area contributed by atoms with E-state index in [1.807, 2.05) is 0 Å². The first kappa shape index (κ1) is 12.8. The van der Waals surface area contributed by atoms with Crippen LogP contribution in [0.2, 0.25) is 0 Å². The summed E-state index contributed by atoms with van der Waals surface area (Å²) in [7, 11) is 0. The zero-order valence-corrected chi connectivity index (χ0v) is 10.2. The van der Waals surface area contributed by atoms with Gasteiger partial charge in [0, 0.05) is 23.8 Å². The number of hydrogen-bond donors (Lipinski definition) is 4. The Bertz CT molecular complexity index is 475. The maximum absolute atomic E-state index is 11.1. The number of carbonyl (C=O) groups is 2. The third-order valence-corrected chi connectivity index (χ3v) is 3.79. The predicted octanol–water partition coefficient (Wildman–Crippen LogP) is -0.0438. The quantitative estimate of drug-likeness (QED) is 0.605. The zero-order valence-electron chi connectivity index (χ0n) is 9.37. The molecule has 5 N–H and O–H groups in total. The highest BCUT2D eigenvalue weighted by Gasteiger charge is 2.42. The van der Waals surface area contributed by atoms with Gasteiger partial charge in [-0.15, -0.1) is 11.3 Å². The minimum absolute atomic E-state index is 0.202. The summed E-state index contributed by atoms with van der Waals surface area (Å²) >= 11 is 1.27. The Labute approximate surface area is 107 Å². The number of thiazole rings is 1. The number of nitrogen functional groups attached to an aromatic ring is 1. The lowest BCUT2D eigenvalue weighted by Crippen LogP contribution is -2.36. The van der Waals surface area contributed by atoms with Gasteiger partial charge in [-0.3, -0.25) is 9.59 Å². The van der Waals surface area contributed by atoms with E-state index >= 15 is 0 Å². The van der Waals surface area contributed by atoms with Gasteiger partial charge in [0.1, 0.15) is 6.04 Å². The van der Waals surface area contributed by atoms with Gasteiger partial charge in [0.15, 0.2) is 5.13 Å². The van der Waals surface area contributed by atoms with E-state index in [0.29, 0.717) is 17.4 Å². The predicted molar refractivity (Wildman–Crippen MR) is 64.4 cm³/mol. The maximum Gasteiger partial charge on any atom is 0.321 e. The van der Waals surface area contributed by atoms with Crippen LogP contribution in [0.3, 0.4) is 0 Å². The fourth-order valence-electron chi connectivity index (χ4n) is 2.32. The number of nitrogens with zero attached hydrogens (tertiary/aromatic N) is 1. The molecule has 0 spiro atoms. The van der Waals surface area contributed by atoms with Crippen LogP contribution in [-0.2, 0) is 9.59 Å². The molecule has 0 saturated carbocycles. The molecule has 0 aromatic carbocycles. The third-order valence-electron chi connectivity index (χ3n) is 3.10. The van der Waals surface area contributed by atoms with Crippen molar-refractivity contribution in [3.63, 3.8) is 0 Å². The Kier molecular flexibility index (Phi) is 3.48. The van der Waals surface area contributed by atoms with Crippen molar-refractivity contribution in [1.29, 1.82) is 0 Å². The summed E-state index contributed by atoms with van der Waals surface area (Å²) < 4.78 is 0. The first-order valence-electron chi connectivity index (χ1n) is 5.38. The van der Waals surface area contributed by atoms with E-state index in [1.165, 1.54) is 11.3 Å². The molecule has 1 aromatic heterocycles. The molecule has 0 unspecified atom stereocenters. The van der Waals surface area contributed by atoms with Crippen molar-refractivity contribution in [3.05, 3.63) is 11.1 Å². The Morgan fingerprint density at radius 2 is 2.28 bits per heavy atom. The van der Waals surface area contributed by atoms with E-state index in [1.54, 1.807) is 5.38 Å². The molecule has 0 amide bonds. The van der Waals surface area contributed by atoms with Crippen molar-refractivity contribution < 1.29 is 19.8 Å². The molecule has 1 aliphatic heterocycles. The molecule has 0 aliphatic carbocycles. The van der Waals surface area contributed by atoms with Crippen LogP contribution in [0.1, 0.15) is 18.0 Å². The summed E-state index contributed by atoms with van der Waals surface area (Å²) in [5.41, 5.74) is 6.21. The van der Waals surface area contributed by atoms with Crippen LogP contribution < -0.4 is 11.1 Å². The third kappa shape index (κ3) is 2.44. The largest absolute Gasteiger partial charge is 0.481 e. The average Bonchev–Trinajstić information content (AvgIpc) is 2.83. The maximum atomic E-state index is 11.1. The Hall–Kier alpha value is -1.67. The van der Waals surface area contributed by atoms with Crippen molar-refractivity contribution in [2.75, 3.05) is 12.3 Å². The number of anilines is 1. The number of carboxylic acids is 2. The topological polar surface area (TPSA) is 126 Å². The van der Waals surface area contributed by atoms with Gasteiger partial charge in [-0.2, -0.15) is 0 Å². The molecule has 98 valence electrons. The molecule has 1 fully saturated rings. The fourth-order valence-corrected chi connectivity index (χ4v) is 2.94. The van der Waals surface area contributed by atoms with Gasteiger partial charge in [0.2, 0.25) is 0 Å². The summed E-state index contributed by atoms with van der Waals surface area (Å²) in [6, 6.07) is -0.853. The van der Waals surface area contributed by atoms with E-state index < -0.39 is 23.9 Å². The summed E-state index contributed by atoms with van der Waals surface area (Å²) in [4.78, 5) is 26.0. The van der Waals surface area contributed by atoms with Crippen molar-refractivity contribution in [2.45, 2.75) is 18.4 Å². The second-order valence-corrected chi connectivity index (χ2v) is 5.09. The summed E-state index contributed by atoms with van der Waals surface area (Å²) in [5, 5.41) is 22.9. The monoisotopic (exact) mass is 271 g/mol. The minimum Gasteiger partial charge on any atom is -0.481 e. The van der Waals surface area contributed by atoms with Gasteiger partial charge in [-0.05, 0) is 0 Å². The highest BCUT2D eigenvalue weighted by Crippen LogP contribution is 2.35. The van der Waals surface area contributed by atoms with Gasteiger partial charge >= 0.3 is 11.9 Å². The Morgan fingerprint density at radius 3 is 2.78 bits per heavy atom. The summed E-state index contributed by atoms with van der Waals surface area (Å²) in [6.45, 7) is 0.401. The minimum atomic E-state index is -1.04. The lowest BCUT2D eigenvalue weighted by atomic mass is 9.86. The highest BCUT2D eigenvalue weighted by molar-refractivity contribution is 7.13. The highest BCUT2D eigenvalue weighted by atomic mass is 32.1. The van der Waals surface area contributed by atoms with E-state index in [0.717, 1.165) is 0 Å². The van der Waals surface area contributed by atoms with E-state index in [2.05, 4.69) is 10.3 Å². The van der Waals surface area contributed by atoms with E-state index in [-0.39, 0.29) is 12.3 Å². The molecular formula is C10H13N3O4S. The van der Waals surface area contributed by atoms with Crippen LogP contribution in [0.5, 0.6) is 0 Å². The molecule has 2 rings (SSSR count). The SMILES string of the molecule is Nc1nc([C@H]2CN[C@H](C(=O)O)[C@H]2CC(=O)O)cs1. The second kappa shape index (κ2) is 4.91. The molecule has 1 saturated heterocycles. The number of aromatic nitrogens is 1. The Balaban J connectivity index is 2.24. The summed E-state index contributed by atoms with van der Waals surface area (Å²) in [5.74, 6) is -2.78.